The van der Waals surface area contributed by atoms with Crippen LogP contribution in [-0.2, 0) is 5.33 Å². The Morgan fingerprint density at radius 1 is 1.40 bits per heavy atom. The molecule has 1 N–H and O–H groups in total. The average Bonchev–Trinajstić information content (AvgIpc) is 2.04. The van der Waals surface area contributed by atoms with Crippen LogP contribution in [0.3, 0.4) is 0 Å². The molecule has 0 radical (unpaired) electrons. The highest BCUT2D eigenvalue weighted by atomic mass is 79.9. The third kappa shape index (κ3) is 1.45. The van der Waals surface area contributed by atoms with Gasteiger partial charge in [0.25, 0.3) is 0 Å². The highest BCUT2D eigenvalue weighted by molar-refractivity contribution is 9.08. The lowest BCUT2D eigenvalue weighted by Crippen LogP contribution is -1.86. The topological polar surface area (TPSA) is 23.9 Å². The van der Waals surface area contributed by atoms with Gasteiger partial charge in [0, 0.05) is 11.5 Å². The van der Waals surface area contributed by atoms with Crippen molar-refractivity contribution in [1.29, 1.82) is 5.41 Å². The Morgan fingerprint density at radius 2 is 2.10 bits per heavy atom. The lowest BCUT2D eigenvalue weighted by molar-refractivity contribution is 1.40. The molecule has 0 aromatic heterocycles. The van der Waals surface area contributed by atoms with Crippen LogP contribution in [0.15, 0.2) is 24.3 Å². The molecule has 0 heterocycles. The molecule has 0 aliphatic rings. The minimum Gasteiger partial charge on any atom is -0.308 e. The SMILES string of the molecule is N=Cc1ccccc1CBr. The molecule has 0 spiro atoms. The summed E-state index contributed by atoms with van der Waals surface area (Å²) in [7, 11) is 0. The molecule has 0 amide bonds. The van der Waals surface area contributed by atoms with Crippen molar-refractivity contribution < 1.29 is 0 Å². The Bertz CT molecular complexity index is 232. The van der Waals surface area contributed by atoms with Crippen LogP contribution in [0.4, 0.5) is 0 Å². The van der Waals surface area contributed by atoms with Gasteiger partial charge in [0.1, 0.15) is 0 Å². The van der Waals surface area contributed by atoms with Gasteiger partial charge in [0.15, 0.2) is 0 Å². The predicted octanol–water partition coefficient (Wildman–Crippen LogP) is 2.58. The number of hydrogen-bond donors (Lipinski definition) is 1. The first kappa shape index (κ1) is 7.48. The molecule has 0 unspecified atom stereocenters. The molecule has 0 aliphatic carbocycles. The van der Waals surface area contributed by atoms with Gasteiger partial charge in [-0.25, -0.2) is 0 Å². The fraction of sp³-hybridized carbons (Fsp3) is 0.125. The second-order valence-electron chi connectivity index (χ2n) is 1.98. The molecule has 0 fully saturated rings. The molecule has 2 heteroatoms. The van der Waals surface area contributed by atoms with Crippen molar-refractivity contribution in [3.8, 4) is 0 Å². The van der Waals surface area contributed by atoms with Crippen molar-refractivity contribution in [3.05, 3.63) is 35.4 Å². The molecule has 0 atom stereocenters. The van der Waals surface area contributed by atoms with Crippen molar-refractivity contribution in [1.82, 2.24) is 0 Å². The standard InChI is InChI=1S/C8H8BrN/c9-5-7-3-1-2-4-8(7)6-10/h1-4,6,10H,5H2. The molecule has 0 bridgehead atoms. The van der Waals surface area contributed by atoms with E-state index < -0.39 is 0 Å². The maximum Gasteiger partial charge on any atom is 0.0289 e. The van der Waals surface area contributed by atoms with Gasteiger partial charge in [-0.2, -0.15) is 0 Å². The molecule has 0 aliphatic heterocycles. The lowest BCUT2D eigenvalue weighted by Gasteiger charge is -1.97. The van der Waals surface area contributed by atoms with E-state index in [2.05, 4.69) is 15.9 Å². The van der Waals surface area contributed by atoms with Gasteiger partial charge >= 0.3 is 0 Å². The van der Waals surface area contributed by atoms with E-state index >= 15 is 0 Å². The summed E-state index contributed by atoms with van der Waals surface area (Å²) in [6, 6.07) is 7.86. The average molecular weight is 198 g/mol. The number of nitrogens with one attached hydrogen (secondary N) is 1. The van der Waals surface area contributed by atoms with E-state index in [0.29, 0.717) is 0 Å². The summed E-state index contributed by atoms with van der Waals surface area (Å²) in [5.41, 5.74) is 2.15. The molecule has 52 valence electrons. The summed E-state index contributed by atoms with van der Waals surface area (Å²) in [6.45, 7) is 0. The van der Waals surface area contributed by atoms with Crippen LogP contribution in [0.5, 0.6) is 0 Å². The van der Waals surface area contributed by atoms with Crippen LogP contribution in [0.2, 0.25) is 0 Å². The van der Waals surface area contributed by atoms with E-state index in [1.54, 1.807) is 0 Å². The Kier molecular flexibility index (Phi) is 2.63. The molecular weight excluding hydrogens is 190 g/mol. The molecule has 1 nitrogen and oxygen atoms in total. The van der Waals surface area contributed by atoms with E-state index in [1.807, 2.05) is 24.3 Å². The highest BCUT2D eigenvalue weighted by Crippen LogP contribution is 2.09. The molecule has 1 aromatic carbocycles. The first-order chi connectivity index (χ1) is 4.88. The Hall–Kier alpha value is -0.630. The van der Waals surface area contributed by atoms with E-state index in [-0.39, 0.29) is 0 Å². The summed E-state index contributed by atoms with van der Waals surface area (Å²) < 4.78 is 0. The fourth-order valence-corrected chi connectivity index (χ4v) is 1.31. The zero-order valence-electron chi connectivity index (χ0n) is 5.47. The fourth-order valence-electron chi connectivity index (χ4n) is 0.797. The maximum absolute atomic E-state index is 7.04. The van der Waals surface area contributed by atoms with Crippen LogP contribution in [0.1, 0.15) is 11.1 Å². The Morgan fingerprint density at radius 3 is 2.60 bits per heavy atom. The van der Waals surface area contributed by atoms with Gasteiger partial charge in [-0.15, -0.1) is 0 Å². The second kappa shape index (κ2) is 3.52. The largest absolute Gasteiger partial charge is 0.308 e. The quantitative estimate of drug-likeness (QED) is 0.557. The van der Waals surface area contributed by atoms with E-state index in [4.69, 9.17) is 5.41 Å². The number of rotatable bonds is 2. The third-order valence-corrected chi connectivity index (χ3v) is 1.96. The van der Waals surface area contributed by atoms with Gasteiger partial charge in [-0.1, -0.05) is 40.2 Å². The van der Waals surface area contributed by atoms with Crippen molar-refractivity contribution in [2.45, 2.75) is 5.33 Å². The number of hydrogen-bond acceptors (Lipinski definition) is 1. The zero-order chi connectivity index (χ0) is 7.40. The first-order valence-corrected chi connectivity index (χ1v) is 4.15. The van der Waals surface area contributed by atoms with E-state index in [1.165, 1.54) is 6.21 Å². The first-order valence-electron chi connectivity index (χ1n) is 3.03. The van der Waals surface area contributed by atoms with Crippen LogP contribution in [0, 0.1) is 5.41 Å². The molecule has 1 aromatic rings. The second-order valence-corrected chi connectivity index (χ2v) is 2.54. The van der Waals surface area contributed by atoms with Gasteiger partial charge in [0.2, 0.25) is 0 Å². The van der Waals surface area contributed by atoms with Crippen LogP contribution >= 0.6 is 15.9 Å². The minimum atomic E-state index is 0.818. The molecular formula is C8H8BrN. The minimum absolute atomic E-state index is 0.818. The number of alkyl halides is 1. The van der Waals surface area contributed by atoms with Crippen LogP contribution in [0.25, 0.3) is 0 Å². The molecule has 0 saturated carbocycles. The van der Waals surface area contributed by atoms with Crippen LogP contribution in [-0.4, -0.2) is 6.21 Å². The third-order valence-electron chi connectivity index (χ3n) is 1.35. The van der Waals surface area contributed by atoms with E-state index in [0.717, 1.165) is 16.5 Å². The summed E-state index contributed by atoms with van der Waals surface area (Å²) in [6.07, 6.45) is 1.37. The van der Waals surface area contributed by atoms with Gasteiger partial charge in [-0.05, 0) is 11.1 Å². The van der Waals surface area contributed by atoms with Gasteiger partial charge in [0.05, 0.1) is 0 Å². The smallest absolute Gasteiger partial charge is 0.0289 e. The molecule has 10 heavy (non-hydrogen) atoms. The van der Waals surface area contributed by atoms with Crippen LogP contribution < -0.4 is 0 Å². The lowest BCUT2D eigenvalue weighted by atomic mass is 10.1. The number of benzene rings is 1. The maximum atomic E-state index is 7.04. The van der Waals surface area contributed by atoms with Gasteiger partial charge in [-0.3, -0.25) is 0 Å². The monoisotopic (exact) mass is 197 g/mol. The molecule has 0 saturated heterocycles. The Balaban J connectivity index is 3.08. The number of halogens is 1. The Labute approximate surface area is 68.7 Å². The van der Waals surface area contributed by atoms with E-state index in [9.17, 15) is 0 Å². The summed E-state index contributed by atoms with van der Waals surface area (Å²) >= 11 is 3.35. The zero-order valence-corrected chi connectivity index (χ0v) is 7.06. The highest BCUT2D eigenvalue weighted by Gasteiger charge is 1.93. The predicted molar refractivity (Wildman–Crippen MR) is 47.0 cm³/mol. The van der Waals surface area contributed by atoms with Crippen molar-refractivity contribution in [2.24, 2.45) is 0 Å². The normalized spacial score (nSPS) is 9.30. The summed E-state index contributed by atoms with van der Waals surface area (Å²) in [4.78, 5) is 0. The summed E-state index contributed by atoms with van der Waals surface area (Å²) in [5, 5.41) is 7.86. The molecule has 1 rings (SSSR count). The van der Waals surface area contributed by atoms with Crippen molar-refractivity contribution >= 4 is 22.1 Å². The van der Waals surface area contributed by atoms with Crippen molar-refractivity contribution in [3.63, 3.8) is 0 Å². The van der Waals surface area contributed by atoms with Gasteiger partial charge < -0.3 is 5.41 Å². The van der Waals surface area contributed by atoms with Crippen molar-refractivity contribution in [2.75, 3.05) is 0 Å². The summed E-state index contributed by atoms with van der Waals surface area (Å²) in [5.74, 6) is 0.